The van der Waals surface area contributed by atoms with Crippen LogP contribution in [0.4, 0.5) is 6.01 Å². The van der Waals surface area contributed by atoms with Crippen molar-refractivity contribution in [2.75, 3.05) is 38.7 Å². The SMILES string of the molecule is CCNCc1nnc(NCCC(=O)NCCOC)o1. The first-order valence-electron chi connectivity index (χ1n) is 6.28. The van der Waals surface area contributed by atoms with Crippen LogP contribution in [0.5, 0.6) is 0 Å². The molecule has 0 aliphatic carbocycles. The molecule has 0 fully saturated rings. The Hall–Kier alpha value is -1.67. The first-order chi connectivity index (χ1) is 9.26. The lowest BCUT2D eigenvalue weighted by Gasteiger charge is -2.04. The van der Waals surface area contributed by atoms with Crippen molar-refractivity contribution < 1.29 is 13.9 Å². The molecule has 0 spiro atoms. The van der Waals surface area contributed by atoms with Crippen LogP contribution in [0, 0.1) is 0 Å². The summed E-state index contributed by atoms with van der Waals surface area (Å²) in [5, 5.41) is 16.4. The van der Waals surface area contributed by atoms with Gasteiger partial charge >= 0.3 is 6.01 Å². The Morgan fingerprint density at radius 2 is 2.21 bits per heavy atom. The maximum Gasteiger partial charge on any atom is 0.315 e. The molecule has 108 valence electrons. The Bertz CT molecular complexity index is 369. The molecular formula is C11H21N5O3. The molecule has 19 heavy (non-hydrogen) atoms. The molecule has 0 aliphatic heterocycles. The van der Waals surface area contributed by atoms with Gasteiger partial charge in [-0.2, -0.15) is 0 Å². The third-order valence-corrected chi connectivity index (χ3v) is 2.25. The van der Waals surface area contributed by atoms with E-state index in [9.17, 15) is 4.79 Å². The number of anilines is 1. The van der Waals surface area contributed by atoms with Gasteiger partial charge in [0.25, 0.3) is 0 Å². The smallest absolute Gasteiger partial charge is 0.315 e. The van der Waals surface area contributed by atoms with Crippen molar-refractivity contribution in [3.8, 4) is 0 Å². The highest BCUT2D eigenvalue weighted by Gasteiger charge is 2.05. The number of aromatic nitrogens is 2. The summed E-state index contributed by atoms with van der Waals surface area (Å²) < 4.78 is 10.1. The van der Waals surface area contributed by atoms with E-state index in [0.717, 1.165) is 6.54 Å². The molecule has 0 saturated carbocycles. The number of nitrogens with one attached hydrogen (secondary N) is 3. The minimum absolute atomic E-state index is 0.0445. The predicted octanol–water partition coefficient (Wildman–Crippen LogP) is -0.256. The van der Waals surface area contributed by atoms with Crippen LogP contribution in [-0.2, 0) is 16.1 Å². The maximum atomic E-state index is 11.4. The number of carbonyl (C=O) groups is 1. The van der Waals surface area contributed by atoms with Gasteiger partial charge in [0.1, 0.15) is 0 Å². The van der Waals surface area contributed by atoms with Gasteiger partial charge in [0.05, 0.1) is 13.2 Å². The van der Waals surface area contributed by atoms with Crippen molar-refractivity contribution >= 4 is 11.9 Å². The summed E-state index contributed by atoms with van der Waals surface area (Å²) in [4.78, 5) is 11.4. The van der Waals surface area contributed by atoms with Gasteiger partial charge in [-0.05, 0) is 6.54 Å². The lowest BCUT2D eigenvalue weighted by atomic mass is 10.4. The highest BCUT2D eigenvalue weighted by molar-refractivity contribution is 5.76. The summed E-state index contributed by atoms with van der Waals surface area (Å²) in [6.07, 6.45) is 0.342. The molecule has 8 nitrogen and oxygen atoms in total. The van der Waals surface area contributed by atoms with E-state index in [-0.39, 0.29) is 5.91 Å². The van der Waals surface area contributed by atoms with Crippen LogP contribution < -0.4 is 16.0 Å². The molecule has 0 atom stereocenters. The predicted molar refractivity (Wildman–Crippen MR) is 69.7 cm³/mol. The van der Waals surface area contributed by atoms with Gasteiger partial charge in [-0.15, -0.1) is 5.10 Å². The van der Waals surface area contributed by atoms with Gasteiger partial charge in [0.15, 0.2) is 0 Å². The van der Waals surface area contributed by atoms with Crippen molar-refractivity contribution in [3.05, 3.63) is 5.89 Å². The topological polar surface area (TPSA) is 101 Å². The summed E-state index contributed by atoms with van der Waals surface area (Å²) in [6.45, 7) is 4.86. The Morgan fingerprint density at radius 3 is 2.95 bits per heavy atom. The van der Waals surface area contributed by atoms with Crippen molar-refractivity contribution in [1.29, 1.82) is 0 Å². The average molecular weight is 271 g/mol. The molecule has 0 bridgehead atoms. The van der Waals surface area contributed by atoms with Gasteiger partial charge < -0.3 is 25.1 Å². The van der Waals surface area contributed by atoms with E-state index in [1.807, 2.05) is 6.92 Å². The summed E-state index contributed by atoms with van der Waals surface area (Å²) in [7, 11) is 1.59. The number of nitrogens with zero attached hydrogens (tertiary/aromatic N) is 2. The molecule has 0 aromatic carbocycles. The third-order valence-electron chi connectivity index (χ3n) is 2.25. The van der Waals surface area contributed by atoms with Gasteiger partial charge in [0, 0.05) is 26.6 Å². The molecule has 0 saturated heterocycles. The quantitative estimate of drug-likeness (QED) is 0.504. The molecule has 1 heterocycles. The standard InChI is InChI=1S/C11H21N5O3/c1-3-12-8-10-15-16-11(19-10)14-5-4-9(17)13-6-7-18-2/h12H,3-8H2,1-2H3,(H,13,17)(H,14,16). The van der Waals surface area contributed by atoms with E-state index in [2.05, 4.69) is 26.1 Å². The molecule has 1 aromatic rings. The second-order valence-corrected chi connectivity index (χ2v) is 3.80. The monoisotopic (exact) mass is 271 g/mol. The van der Waals surface area contributed by atoms with Gasteiger partial charge in [-0.1, -0.05) is 12.0 Å². The van der Waals surface area contributed by atoms with Crippen molar-refractivity contribution in [3.63, 3.8) is 0 Å². The molecular weight excluding hydrogens is 250 g/mol. The number of ether oxygens (including phenoxy) is 1. The molecule has 0 radical (unpaired) electrons. The summed E-state index contributed by atoms with van der Waals surface area (Å²) in [6, 6.07) is 0.331. The highest BCUT2D eigenvalue weighted by atomic mass is 16.5. The Labute approximate surface area is 112 Å². The summed E-state index contributed by atoms with van der Waals surface area (Å²) in [5.41, 5.74) is 0. The first-order valence-corrected chi connectivity index (χ1v) is 6.28. The molecule has 1 aromatic heterocycles. The van der Waals surface area contributed by atoms with E-state index < -0.39 is 0 Å². The minimum atomic E-state index is -0.0445. The molecule has 0 unspecified atom stereocenters. The zero-order valence-corrected chi connectivity index (χ0v) is 11.4. The summed E-state index contributed by atoms with van der Waals surface area (Å²) >= 11 is 0. The van der Waals surface area contributed by atoms with E-state index in [4.69, 9.17) is 9.15 Å². The number of hydrogen-bond donors (Lipinski definition) is 3. The number of amides is 1. The van der Waals surface area contributed by atoms with E-state index in [1.54, 1.807) is 7.11 Å². The van der Waals surface area contributed by atoms with E-state index in [1.165, 1.54) is 0 Å². The maximum absolute atomic E-state index is 11.4. The fraction of sp³-hybridized carbons (Fsp3) is 0.727. The van der Waals surface area contributed by atoms with Gasteiger partial charge in [-0.3, -0.25) is 4.79 Å². The second-order valence-electron chi connectivity index (χ2n) is 3.80. The van der Waals surface area contributed by atoms with Crippen LogP contribution >= 0.6 is 0 Å². The zero-order valence-electron chi connectivity index (χ0n) is 11.4. The fourth-order valence-corrected chi connectivity index (χ4v) is 1.29. The normalized spacial score (nSPS) is 10.4. The average Bonchev–Trinajstić information content (AvgIpc) is 2.84. The van der Waals surface area contributed by atoms with Crippen molar-refractivity contribution in [1.82, 2.24) is 20.8 Å². The van der Waals surface area contributed by atoms with Gasteiger partial charge in [0.2, 0.25) is 11.8 Å². The van der Waals surface area contributed by atoms with Crippen LogP contribution in [0.3, 0.4) is 0 Å². The number of carbonyl (C=O) groups excluding carboxylic acids is 1. The van der Waals surface area contributed by atoms with Crippen molar-refractivity contribution in [2.45, 2.75) is 19.9 Å². The molecule has 1 rings (SSSR count). The van der Waals surface area contributed by atoms with Crippen LogP contribution in [0.25, 0.3) is 0 Å². The third kappa shape index (κ3) is 6.73. The number of rotatable bonds is 10. The first kappa shape index (κ1) is 15.4. The minimum Gasteiger partial charge on any atom is -0.407 e. The van der Waals surface area contributed by atoms with Crippen LogP contribution in [0.2, 0.25) is 0 Å². The number of methoxy groups -OCH3 is 1. The number of hydrogen-bond acceptors (Lipinski definition) is 7. The van der Waals surface area contributed by atoms with E-state index >= 15 is 0 Å². The lowest BCUT2D eigenvalue weighted by molar-refractivity contribution is -0.121. The molecule has 8 heteroatoms. The fourth-order valence-electron chi connectivity index (χ4n) is 1.29. The second kappa shape index (κ2) is 9.29. The Kier molecular flexibility index (Phi) is 7.52. The molecule has 3 N–H and O–H groups in total. The largest absolute Gasteiger partial charge is 0.407 e. The molecule has 0 aliphatic rings. The van der Waals surface area contributed by atoms with Crippen LogP contribution in [0.15, 0.2) is 4.42 Å². The van der Waals surface area contributed by atoms with Gasteiger partial charge in [-0.25, -0.2) is 0 Å². The van der Waals surface area contributed by atoms with Crippen LogP contribution in [-0.4, -0.2) is 49.5 Å². The Morgan fingerprint density at radius 1 is 1.37 bits per heavy atom. The van der Waals surface area contributed by atoms with E-state index in [0.29, 0.717) is 44.6 Å². The highest BCUT2D eigenvalue weighted by Crippen LogP contribution is 2.04. The van der Waals surface area contributed by atoms with Crippen LogP contribution in [0.1, 0.15) is 19.2 Å². The lowest BCUT2D eigenvalue weighted by Crippen LogP contribution is -2.28. The molecule has 1 amide bonds. The van der Waals surface area contributed by atoms with Crippen molar-refractivity contribution in [2.24, 2.45) is 0 Å². The zero-order chi connectivity index (χ0) is 13.9. The summed E-state index contributed by atoms with van der Waals surface area (Å²) in [5.74, 6) is 0.478. The Balaban J connectivity index is 2.14.